The van der Waals surface area contributed by atoms with Crippen LogP contribution in [0.3, 0.4) is 0 Å². The van der Waals surface area contributed by atoms with Crippen LogP contribution in [0.2, 0.25) is 0 Å². The van der Waals surface area contributed by atoms with Crippen molar-refractivity contribution in [2.45, 2.75) is 26.3 Å². The summed E-state index contributed by atoms with van der Waals surface area (Å²) in [4.78, 5) is 0. The molecule has 5 nitrogen and oxygen atoms in total. The van der Waals surface area contributed by atoms with Gasteiger partial charge in [-0.1, -0.05) is 36.3 Å². The van der Waals surface area contributed by atoms with Crippen molar-refractivity contribution in [1.82, 2.24) is 10.2 Å². The molecule has 1 aromatic heterocycles. The number of nitrogens with two attached hydrogens (primary N) is 1. The smallest absolute Gasteiger partial charge is 0.315 e. The highest BCUT2D eigenvalue weighted by atomic mass is 16.4. The Morgan fingerprint density at radius 2 is 2.00 bits per heavy atom. The highest BCUT2D eigenvalue weighted by Gasteiger charge is 2.05. The van der Waals surface area contributed by atoms with Crippen molar-refractivity contribution in [3.05, 3.63) is 41.3 Å². The van der Waals surface area contributed by atoms with E-state index >= 15 is 0 Å². The fourth-order valence-electron chi connectivity index (χ4n) is 1.80. The van der Waals surface area contributed by atoms with E-state index in [1.165, 1.54) is 11.1 Å². The van der Waals surface area contributed by atoms with E-state index < -0.39 is 0 Å². The van der Waals surface area contributed by atoms with Crippen LogP contribution in [0.25, 0.3) is 0 Å². The van der Waals surface area contributed by atoms with Gasteiger partial charge in [-0.3, -0.25) is 0 Å². The maximum absolute atomic E-state index is 5.42. The third kappa shape index (κ3) is 3.07. The molecule has 0 atom stereocenters. The zero-order valence-electron chi connectivity index (χ0n) is 10.5. The molecule has 0 unspecified atom stereocenters. The van der Waals surface area contributed by atoms with Crippen LogP contribution in [-0.2, 0) is 19.4 Å². The van der Waals surface area contributed by atoms with Crippen molar-refractivity contribution < 1.29 is 4.42 Å². The molecule has 2 aromatic rings. The first-order valence-corrected chi connectivity index (χ1v) is 6.16. The first kappa shape index (κ1) is 12.6. The van der Waals surface area contributed by atoms with E-state index in [-0.39, 0.29) is 0 Å². The lowest BCUT2D eigenvalue weighted by molar-refractivity contribution is 0.505. The van der Waals surface area contributed by atoms with Gasteiger partial charge in [0.2, 0.25) is 5.89 Å². The molecule has 2 rings (SSSR count). The zero-order chi connectivity index (χ0) is 12.8. The van der Waals surface area contributed by atoms with Crippen LogP contribution in [0.5, 0.6) is 0 Å². The standard InChI is InChI=1S/C13H18N4O/c1-2-10-5-3-4-6-11(10)9-15-13-17-16-12(18-13)7-8-14/h3-6H,2,7-9,14H2,1H3,(H,15,17). The largest absolute Gasteiger partial charge is 0.408 e. The number of hydrogen-bond acceptors (Lipinski definition) is 5. The van der Waals surface area contributed by atoms with Crippen molar-refractivity contribution in [3.63, 3.8) is 0 Å². The molecule has 96 valence electrons. The lowest BCUT2D eigenvalue weighted by Gasteiger charge is -2.07. The van der Waals surface area contributed by atoms with Gasteiger partial charge in [0, 0.05) is 19.5 Å². The Bertz CT molecular complexity index is 495. The molecule has 0 saturated carbocycles. The van der Waals surface area contributed by atoms with Gasteiger partial charge in [-0.25, -0.2) is 0 Å². The van der Waals surface area contributed by atoms with Crippen LogP contribution in [-0.4, -0.2) is 16.7 Å². The van der Waals surface area contributed by atoms with Crippen LogP contribution in [0, 0.1) is 0 Å². The highest BCUT2D eigenvalue weighted by molar-refractivity contribution is 5.30. The molecule has 1 heterocycles. The van der Waals surface area contributed by atoms with Gasteiger partial charge in [0.1, 0.15) is 0 Å². The summed E-state index contributed by atoms with van der Waals surface area (Å²) < 4.78 is 5.41. The predicted octanol–water partition coefficient (Wildman–Crippen LogP) is 1.75. The summed E-state index contributed by atoms with van der Waals surface area (Å²) in [5.74, 6) is 0.573. The second kappa shape index (κ2) is 6.16. The lowest BCUT2D eigenvalue weighted by Crippen LogP contribution is -2.03. The molecular weight excluding hydrogens is 228 g/mol. The Hall–Kier alpha value is -1.88. The Kier molecular flexibility index (Phi) is 4.30. The average Bonchev–Trinajstić information content (AvgIpc) is 2.85. The molecule has 0 bridgehead atoms. The maximum atomic E-state index is 5.42. The summed E-state index contributed by atoms with van der Waals surface area (Å²) >= 11 is 0. The van der Waals surface area contributed by atoms with E-state index in [1.807, 2.05) is 12.1 Å². The number of benzene rings is 1. The molecule has 5 heteroatoms. The van der Waals surface area contributed by atoms with Crippen molar-refractivity contribution in [3.8, 4) is 0 Å². The van der Waals surface area contributed by atoms with Crippen molar-refractivity contribution in [2.75, 3.05) is 11.9 Å². The number of aryl methyl sites for hydroxylation is 1. The second-order valence-electron chi connectivity index (χ2n) is 4.02. The second-order valence-corrected chi connectivity index (χ2v) is 4.02. The number of nitrogens with zero attached hydrogens (tertiary/aromatic N) is 2. The molecule has 0 aliphatic heterocycles. The Balaban J connectivity index is 1.97. The van der Waals surface area contributed by atoms with Gasteiger partial charge in [0.05, 0.1) is 0 Å². The Morgan fingerprint density at radius 3 is 2.72 bits per heavy atom. The van der Waals surface area contributed by atoms with Gasteiger partial charge in [-0.2, -0.15) is 0 Å². The van der Waals surface area contributed by atoms with Gasteiger partial charge < -0.3 is 15.5 Å². The first-order valence-electron chi connectivity index (χ1n) is 6.16. The minimum absolute atomic E-state index is 0.448. The first-order chi connectivity index (χ1) is 8.83. The van der Waals surface area contributed by atoms with Gasteiger partial charge in [-0.05, 0) is 17.5 Å². The monoisotopic (exact) mass is 246 g/mol. The SMILES string of the molecule is CCc1ccccc1CNc1nnc(CCN)o1. The summed E-state index contributed by atoms with van der Waals surface area (Å²) in [5.41, 5.74) is 8.00. The van der Waals surface area contributed by atoms with Gasteiger partial charge in [0.15, 0.2) is 0 Å². The molecule has 0 spiro atoms. The number of nitrogens with one attached hydrogen (secondary N) is 1. The molecule has 0 aliphatic rings. The summed E-state index contributed by atoms with van der Waals surface area (Å²) in [6.07, 6.45) is 1.63. The van der Waals surface area contributed by atoms with Crippen LogP contribution >= 0.6 is 0 Å². The maximum Gasteiger partial charge on any atom is 0.315 e. The number of rotatable bonds is 6. The van der Waals surface area contributed by atoms with E-state index in [0.717, 1.165) is 6.42 Å². The molecule has 18 heavy (non-hydrogen) atoms. The Labute approximate surface area is 106 Å². The van der Waals surface area contributed by atoms with Crippen molar-refractivity contribution >= 4 is 6.01 Å². The number of aromatic nitrogens is 2. The van der Waals surface area contributed by atoms with Crippen molar-refractivity contribution in [1.29, 1.82) is 0 Å². The van der Waals surface area contributed by atoms with Crippen molar-refractivity contribution in [2.24, 2.45) is 5.73 Å². The normalized spacial score (nSPS) is 10.6. The molecular formula is C13H18N4O. The summed E-state index contributed by atoms with van der Waals surface area (Å²) in [7, 11) is 0. The highest BCUT2D eigenvalue weighted by Crippen LogP contribution is 2.12. The molecule has 0 saturated heterocycles. The Morgan fingerprint density at radius 1 is 1.22 bits per heavy atom. The predicted molar refractivity (Wildman–Crippen MR) is 70.2 cm³/mol. The minimum atomic E-state index is 0.448. The van der Waals surface area contributed by atoms with Crippen LogP contribution in [0.15, 0.2) is 28.7 Å². The number of anilines is 1. The molecule has 1 aromatic carbocycles. The van der Waals surface area contributed by atoms with E-state index in [2.05, 4.69) is 34.6 Å². The fraction of sp³-hybridized carbons (Fsp3) is 0.385. The van der Waals surface area contributed by atoms with Gasteiger partial charge in [-0.15, -0.1) is 5.10 Å². The van der Waals surface area contributed by atoms with Gasteiger partial charge in [0.25, 0.3) is 0 Å². The van der Waals surface area contributed by atoms with Gasteiger partial charge >= 0.3 is 6.01 Å². The average molecular weight is 246 g/mol. The third-order valence-electron chi connectivity index (χ3n) is 2.75. The summed E-state index contributed by atoms with van der Waals surface area (Å²) in [5, 5.41) is 11.0. The summed E-state index contributed by atoms with van der Waals surface area (Å²) in [6.45, 7) is 3.35. The van der Waals surface area contributed by atoms with E-state index in [0.29, 0.717) is 31.4 Å². The van der Waals surface area contributed by atoms with E-state index in [9.17, 15) is 0 Å². The third-order valence-corrected chi connectivity index (χ3v) is 2.75. The molecule has 3 N–H and O–H groups in total. The molecule has 0 fully saturated rings. The minimum Gasteiger partial charge on any atom is -0.408 e. The topological polar surface area (TPSA) is 77.0 Å². The van der Waals surface area contributed by atoms with E-state index in [4.69, 9.17) is 10.2 Å². The number of hydrogen-bond donors (Lipinski definition) is 2. The van der Waals surface area contributed by atoms with Crippen LogP contribution in [0.4, 0.5) is 6.01 Å². The molecule has 0 radical (unpaired) electrons. The van der Waals surface area contributed by atoms with Crippen LogP contribution in [0.1, 0.15) is 23.9 Å². The van der Waals surface area contributed by atoms with Crippen LogP contribution < -0.4 is 11.1 Å². The molecule has 0 aliphatic carbocycles. The fourth-order valence-corrected chi connectivity index (χ4v) is 1.80. The van der Waals surface area contributed by atoms with E-state index in [1.54, 1.807) is 0 Å². The molecule has 0 amide bonds. The quantitative estimate of drug-likeness (QED) is 0.812. The zero-order valence-corrected chi connectivity index (χ0v) is 10.5. The summed E-state index contributed by atoms with van der Waals surface area (Å²) in [6, 6.07) is 8.76. The lowest BCUT2D eigenvalue weighted by atomic mass is 10.1.